The summed E-state index contributed by atoms with van der Waals surface area (Å²) in [5.74, 6) is -1.31. The fourth-order valence-electron chi connectivity index (χ4n) is 2.62. The molecule has 118 valence electrons. The van der Waals surface area contributed by atoms with Crippen LogP contribution in [-0.4, -0.2) is 73.1 Å². The number of alkyl halides is 1. The summed E-state index contributed by atoms with van der Waals surface area (Å²) >= 11 is 1.74. The molecule has 0 unspecified atom stereocenters. The lowest BCUT2D eigenvalue weighted by atomic mass is 10.1. The van der Waals surface area contributed by atoms with E-state index in [1.807, 2.05) is 0 Å². The van der Waals surface area contributed by atoms with Crippen LogP contribution in [0.3, 0.4) is 0 Å². The molecule has 0 amide bonds. The number of nitrogens with zero attached hydrogens (tertiary/aromatic N) is 3. The Bertz CT molecular complexity index is 510. The van der Waals surface area contributed by atoms with E-state index in [9.17, 15) is 10.2 Å². The van der Waals surface area contributed by atoms with Crippen molar-refractivity contribution in [3.63, 3.8) is 0 Å². The number of hydrogen-bond acceptors (Lipinski definition) is 10. The molecule has 4 atom stereocenters. The number of aliphatic hydroxyl groups excluding tert-OH is 2. The van der Waals surface area contributed by atoms with E-state index in [-0.39, 0.29) is 13.3 Å². The zero-order chi connectivity index (χ0) is 15.4. The highest BCUT2D eigenvalue weighted by atomic mass is 127. The highest BCUT2D eigenvalue weighted by Crippen LogP contribution is 2.31. The van der Waals surface area contributed by atoms with Gasteiger partial charge in [-0.3, -0.25) is 16.5 Å². The fourth-order valence-corrected chi connectivity index (χ4v) is 3.46. The van der Waals surface area contributed by atoms with Gasteiger partial charge in [-0.15, -0.1) is 0 Å². The van der Waals surface area contributed by atoms with E-state index < -0.39 is 28.1 Å². The molecule has 3 aliphatic rings. The molecule has 3 rings (SSSR count). The Hall–Kier alpha value is -0.410. The van der Waals surface area contributed by atoms with E-state index in [1.54, 1.807) is 27.5 Å². The van der Waals surface area contributed by atoms with Crippen molar-refractivity contribution in [2.24, 2.45) is 21.5 Å². The monoisotopic (exact) mass is 412 g/mol. The molecule has 0 saturated carbocycles. The Labute approximate surface area is 134 Å². The average molecular weight is 412 g/mol. The van der Waals surface area contributed by atoms with Crippen molar-refractivity contribution >= 4 is 34.1 Å². The molecule has 10 nitrogen and oxygen atoms in total. The summed E-state index contributed by atoms with van der Waals surface area (Å²) in [6.45, 7) is -0.0754. The van der Waals surface area contributed by atoms with Crippen LogP contribution in [0.5, 0.6) is 0 Å². The second kappa shape index (κ2) is 5.06. The fraction of sp³-hybridized carbons (Fsp3) is 0.800. The summed E-state index contributed by atoms with van der Waals surface area (Å²) in [6, 6.07) is 0. The summed E-state index contributed by atoms with van der Waals surface area (Å²) in [5.41, 5.74) is 11.8. The number of halogens is 1. The normalized spacial score (nSPS) is 41.8. The van der Waals surface area contributed by atoms with Crippen LogP contribution >= 0.6 is 22.6 Å². The second-order valence-corrected chi connectivity index (χ2v) is 6.80. The molecule has 0 spiro atoms. The van der Waals surface area contributed by atoms with E-state index in [4.69, 9.17) is 21.3 Å². The van der Waals surface area contributed by atoms with Crippen LogP contribution in [0, 0.1) is 0 Å². The summed E-state index contributed by atoms with van der Waals surface area (Å²) < 4.78 is 4.04. The Kier molecular flexibility index (Phi) is 3.73. The number of nitrogens with one attached hydrogen (secondary N) is 1. The lowest BCUT2D eigenvalue weighted by molar-refractivity contribution is -0.0563. The van der Waals surface area contributed by atoms with Gasteiger partial charge in [-0.2, -0.15) is 0 Å². The summed E-state index contributed by atoms with van der Waals surface area (Å²) in [6.07, 6.45) is -1.65. The molecule has 0 bridgehead atoms. The lowest BCUT2D eigenvalue weighted by Crippen LogP contribution is -2.72. The van der Waals surface area contributed by atoms with Crippen molar-refractivity contribution < 1.29 is 20.1 Å². The minimum atomic E-state index is -1.64. The molecule has 11 heteroatoms. The number of amidine groups is 1. The Morgan fingerprint density at radius 3 is 2.86 bits per heavy atom. The molecule has 1 fully saturated rings. The number of nitrogens with two attached hydrogens (primary N) is 2. The van der Waals surface area contributed by atoms with Crippen LogP contribution in [-0.2, 0) is 4.74 Å². The smallest absolute Gasteiger partial charge is 0.223 e. The van der Waals surface area contributed by atoms with Crippen molar-refractivity contribution in [3.8, 4) is 0 Å². The van der Waals surface area contributed by atoms with Gasteiger partial charge in [0.2, 0.25) is 9.64 Å². The summed E-state index contributed by atoms with van der Waals surface area (Å²) in [4.78, 5) is 10.0. The first-order valence-corrected chi connectivity index (χ1v) is 7.46. The van der Waals surface area contributed by atoms with Gasteiger partial charge in [0, 0.05) is 6.42 Å². The van der Waals surface area contributed by atoms with Gasteiger partial charge in [0.05, 0.1) is 12.7 Å². The van der Waals surface area contributed by atoms with Crippen molar-refractivity contribution in [2.45, 2.75) is 34.5 Å². The number of rotatable bonds is 2. The molecule has 0 aliphatic carbocycles. The molecule has 3 heterocycles. The van der Waals surface area contributed by atoms with Crippen LogP contribution in [0.1, 0.15) is 6.42 Å². The molecule has 0 radical (unpaired) electrons. The number of hydrogen-bond donors (Lipinski definition) is 6. The summed E-state index contributed by atoms with van der Waals surface area (Å²) in [7, 11) is 0. The lowest BCUT2D eigenvalue weighted by Gasteiger charge is -2.38. The molecule has 21 heavy (non-hydrogen) atoms. The van der Waals surface area contributed by atoms with Crippen LogP contribution in [0.2, 0.25) is 0 Å². The molecule has 8 N–H and O–H groups in total. The number of aliphatic imine (C=N–C) groups is 2. The van der Waals surface area contributed by atoms with E-state index in [1.165, 1.54) is 0 Å². The Morgan fingerprint density at radius 2 is 2.24 bits per heavy atom. The van der Waals surface area contributed by atoms with Gasteiger partial charge in [-0.25, -0.2) is 10.3 Å². The van der Waals surface area contributed by atoms with Gasteiger partial charge in [-0.05, 0) is 22.6 Å². The Balaban J connectivity index is 1.87. The number of fused-ring (bicyclic) bond motifs is 1. The van der Waals surface area contributed by atoms with Crippen molar-refractivity contribution in [1.29, 1.82) is 0 Å². The molecule has 0 aromatic carbocycles. The molecule has 0 aromatic heterocycles. The number of ether oxygens (including phenoxy) is 1. The largest absolute Gasteiger partial charge is 0.394 e. The standard InChI is InChI=1S/C10H17IN6O4/c11-9(20)7-8(15-10(12,13)16-9)17(3-14-7)6-1-4(19)5(2-18)21-6/h4-6,16,18-20H,1-3,12-13H2/t4-,5+,6+,9+/m0/s1. The maximum absolute atomic E-state index is 10.3. The SMILES string of the molecule is NC1(N)N=C2C(=NCN2[C@H]2C[C@H](O)[C@@H](CO)O2)[C@@](O)(I)N1. The second-order valence-electron chi connectivity index (χ2n) is 5.24. The van der Waals surface area contributed by atoms with Gasteiger partial charge < -0.3 is 25.0 Å². The van der Waals surface area contributed by atoms with Crippen LogP contribution in [0.4, 0.5) is 0 Å². The molecule has 0 aromatic rings. The van der Waals surface area contributed by atoms with Gasteiger partial charge in [0.1, 0.15) is 24.7 Å². The minimum absolute atomic E-state index is 0.201. The summed E-state index contributed by atoms with van der Waals surface area (Å²) in [5, 5.41) is 31.9. The van der Waals surface area contributed by atoms with E-state index >= 15 is 0 Å². The van der Waals surface area contributed by atoms with Gasteiger partial charge in [0.25, 0.3) is 0 Å². The van der Waals surface area contributed by atoms with Crippen LogP contribution in [0.25, 0.3) is 0 Å². The predicted octanol–water partition coefficient (Wildman–Crippen LogP) is -3.22. The van der Waals surface area contributed by atoms with E-state index in [0.29, 0.717) is 18.0 Å². The zero-order valence-corrected chi connectivity index (χ0v) is 13.1. The third kappa shape index (κ3) is 2.68. The molecule has 1 saturated heterocycles. The first-order valence-electron chi connectivity index (χ1n) is 6.38. The maximum atomic E-state index is 10.3. The van der Waals surface area contributed by atoms with Gasteiger partial charge in [-0.1, -0.05) is 0 Å². The number of aliphatic hydroxyl groups is 3. The first-order chi connectivity index (χ1) is 9.73. The first kappa shape index (κ1) is 15.5. The van der Waals surface area contributed by atoms with E-state index in [2.05, 4.69) is 15.3 Å². The quantitative estimate of drug-likeness (QED) is 0.120. The van der Waals surface area contributed by atoms with Crippen molar-refractivity contribution in [2.75, 3.05) is 13.3 Å². The van der Waals surface area contributed by atoms with Gasteiger partial charge >= 0.3 is 0 Å². The molecular weight excluding hydrogens is 395 g/mol. The maximum Gasteiger partial charge on any atom is 0.223 e. The highest BCUT2D eigenvalue weighted by molar-refractivity contribution is 14.1. The highest BCUT2D eigenvalue weighted by Gasteiger charge is 2.50. The minimum Gasteiger partial charge on any atom is -0.394 e. The average Bonchev–Trinajstić information content (AvgIpc) is 2.90. The third-order valence-electron chi connectivity index (χ3n) is 3.57. The molecular formula is C10H17IN6O4. The van der Waals surface area contributed by atoms with Crippen LogP contribution in [0.15, 0.2) is 9.98 Å². The Morgan fingerprint density at radius 1 is 1.52 bits per heavy atom. The van der Waals surface area contributed by atoms with Crippen LogP contribution < -0.4 is 16.8 Å². The predicted molar refractivity (Wildman–Crippen MR) is 81.2 cm³/mol. The van der Waals surface area contributed by atoms with Crippen molar-refractivity contribution in [3.05, 3.63) is 0 Å². The van der Waals surface area contributed by atoms with Crippen molar-refractivity contribution in [1.82, 2.24) is 10.2 Å². The third-order valence-corrected chi connectivity index (χ3v) is 4.35. The van der Waals surface area contributed by atoms with E-state index in [0.717, 1.165) is 0 Å². The van der Waals surface area contributed by atoms with Gasteiger partial charge in [0.15, 0.2) is 5.84 Å². The zero-order valence-electron chi connectivity index (χ0n) is 11.0. The molecule has 3 aliphatic heterocycles. The topological polar surface area (TPSA) is 162 Å².